The van der Waals surface area contributed by atoms with Gasteiger partial charge in [-0.25, -0.2) is 9.47 Å². The predicted molar refractivity (Wildman–Crippen MR) is 33.6 cm³/mol. The van der Waals surface area contributed by atoms with E-state index in [4.69, 9.17) is 5.26 Å². The first-order valence-corrected chi connectivity index (χ1v) is 3.87. The van der Waals surface area contributed by atoms with E-state index < -0.39 is 30.6 Å². The monoisotopic (exact) mass is 327 g/mol. The summed E-state index contributed by atoms with van der Waals surface area (Å²) in [6.45, 7) is 0. The molecule has 0 aromatic heterocycles. The quantitative estimate of drug-likeness (QED) is 0.726. The van der Waals surface area contributed by atoms with E-state index in [9.17, 15) is 48.3 Å². The van der Waals surface area contributed by atoms with E-state index >= 15 is 0 Å². The van der Waals surface area contributed by atoms with Gasteiger partial charge in [0.25, 0.3) is 0 Å². The average Bonchev–Trinajstić information content (AvgIpc) is 2.12. The third-order valence-corrected chi connectivity index (χ3v) is 1.31. The molecular weight excluding hydrogens is 327 g/mol. The molecule has 0 heterocycles. The van der Waals surface area contributed by atoms with Crippen molar-refractivity contribution in [2.75, 3.05) is 0 Å². The Morgan fingerprint density at radius 1 is 0.600 bits per heavy atom. The van der Waals surface area contributed by atoms with Crippen LogP contribution in [-0.4, -0.2) is 30.6 Å². The zero-order valence-corrected chi connectivity index (χ0v) is 8.42. The smallest absolute Gasteiger partial charge is 0.241 e. The minimum atomic E-state index is -6.83. The van der Waals surface area contributed by atoms with Gasteiger partial charge in [-0.15, -0.1) is 0 Å². The van der Waals surface area contributed by atoms with Gasteiger partial charge in [0, 0.05) is 0 Å². The average molecular weight is 327 g/mol. The predicted octanol–water partition coefficient (Wildman–Crippen LogP) is 3.48. The van der Waals surface area contributed by atoms with E-state index in [0.29, 0.717) is 0 Å². The summed E-state index contributed by atoms with van der Waals surface area (Å²) >= 11 is 0. The number of ether oxygens (including phenoxy) is 2. The Kier molecular flexibility index (Phi) is 4.55. The number of hydrogen-bond acceptors (Lipinski definition) is 3. The van der Waals surface area contributed by atoms with Gasteiger partial charge < -0.3 is 0 Å². The van der Waals surface area contributed by atoms with E-state index in [-0.39, 0.29) is 6.07 Å². The van der Waals surface area contributed by atoms with E-state index in [2.05, 4.69) is 0 Å². The maximum absolute atomic E-state index is 12.4. The zero-order chi connectivity index (χ0) is 16.6. The first-order valence-electron chi connectivity index (χ1n) is 3.87. The van der Waals surface area contributed by atoms with Crippen LogP contribution in [0.15, 0.2) is 0 Å². The van der Waals surface area contributed by atoms with Crippen LogP contribution in [0.25, 0.3) is 0 Å². The number of nitriles is 1. The molecule has 0 atom stereocenters. The summed E-state index contributed by atoms with van der Waals surface area (Å²) in [5.41, 5.74) is 0. The van der Waals surface area contributed by atoms with E-state index in [1.54, 1.807) is 0 Å². The van der Waals surface area contributed by atoms with E-state index in [0.717, 1.165) is 0 Å². The van der Waals surface area contributed by atoms with Gasteiger partial charge in [-0.2, -0.15) is 53.6 Å². The molecule has 0 saturated heterocycles. The molecule has 0 aliphatic carbocycles. The van der Waals surface area contributed by atoms with Gasteiger partial charge in [0.05, 0.1) is 0 Å². The number of nitrogens with zero attached hydrogens (tertiary/aromatic N) is 1. The Balaban J connectivity index is 5.29. The Morgan fingerprint density at radius 2 is 0.950 bits per heavy atom. The van der Waals surface area contributed by atoms with Crippen molar-refractivity contribution in [3.05, 3.63) is 0 Å². The van der Waals surface area contributed by atoms with Crippen LogP contribution < -0.4 is 0 Å². The maximum Gasteiger partial charge on any atom is 0.483 e. The van der Waals surface area contributed by atoms with Gasteiger partial charge in [-0.3, -0.25) is 0 Å². The molecule has 14 heteroatoms. The summed E-state index contributed by atoms with van der Waals surface area (Å²) in [4.78, 5) is 0. The lowest BCUT2D eigenvalue weighted by atomic mass is 10.5. The molecule has 20 heavy (non-hydrogen) atoms. The zero-order valence-electron chi connectivity index (χ0n) is 8.42. The highest BCUT2D eigenvalue weighted by Crippen LogP contribution is 2.47. The lowest BCUT2D eigenvalue weighted by molar-refractivity contribution is -0.532. The number of hydrogen-bond donors (Lipinski definition) is 0. The van der Waals surface area contributed by atoms with Crippen molar-refractivity contribution < 1.29 is 57.8 Å². The summed E-state index contributed by atoms with van der Waals surface area (Å²) < 4.78 is 135. The SMILES string of the molecule is N#CC(F)(F)OC(F)(F)C(F)(F)OC(F)(F)C(F)(F)F. The fourth-order valence-electron chi connectivity index (χ4n) is 0.521. The third-order valence-electron chi connectivity index (χ3n) is 1.31. The van der Waals surface area contributed by atoms with Crippen molar-refractivity contribution in [1.29, 1.82) is 5.26 Å². The minimum Gasteiger partial charge on any atom is -0.241 e. The Labute approximate surface area is 101 Å². The van der Waals surface area contributed by atoms with E-state index in [1.807, 2.05) is 4.74 Å². The molecule has 0 amide bonds. The maximum atomic E-state index is 12.4. The van der Waals surface area contributed by atoms with Crippen LogP contribution in [0.4, 0.5) is 48.3 Å². The van der Waals surface area contributed by atoms with Gasteiger partial charge >= 0.3 is 30.6 Å². The number of rotatable bonds is 5. The molecule has 3 nitrogen and oxygen atoms in total. The third kappa shape index (κ3) is 4.07. The molecule has 0 radical (unpaired) electrons. The molecule has 118 valence electrons. The largest absolute Gasteiger partial charge is 0.483 e. The lowest BCUT2D eigenvalue weighted by Crippen LogP contribution is -2.54. The van der Waals surface area contributed by atoms with Crippen molar-refractivity contribution in [2.24, 2.45) is 0 Å². The summed E-state index contributed by atoms with van der Waals surface area (Å²) in [6.07, 6.45) is -32.7. The molecule has 0 rings (SSSR count). The number of alkyl halides is 11. The van der Waals surface area contributed by atoms with Crippen LogP contribution in [-0.2, 0) is 9.47 Å². The van der Waals surface area contributed by atoms with Crippen LogP contribution in [0, 0.1) is 11.3 Å². The Bertz CT molecular complexity index is 395. The molecule has 0 fully saturated rings. The van der Waals surface area contributed by atoms with Crippen molar-refractivity contribution >= 4 is 0 Å². The van der Waals surface area contributed by atoms with Crippen LogP contribution >= 0.6 is 0 Å². The van der Waals surface area contributed by atoms with Crippen molar-refractivity contribution in [2.45, 2.75) is 30.6 Å². The van der Waals surface area contributed by atoms with E-state index in [1.165, 1.54) is 4.74 Å². The van der Waals surface area contributed by atoms with Gasteiger partial charge in [0.15, 0.2) is 6.07 Å². The Hall–Kier alpha value is -1.36. The van der Waals surface area contributed by atoms with Gasteiger partial charge in [-0.05, 0) is 0 Å². The molecule has 0 unspecified atom stereocenters. The standard InChI is InChI=1S/C6F11NO2/c7-2(8,1-18)19-5(14,15)6(16,17)20-4(12,13)3(9,10)11. The first kappa shape index (κ1) is 18.6. The van der Waals surface area contributed by atoms with Gasteiger partial charge in [-0.1, -0.05) is 0 Å². The van der Waals surface area contributed by atoms with Crippen molar-refractivity contribution in [1.82, 2.24) is 0 Å². The normalized spacial score (nSPS) is 15.1. The van der Waals surface area contributed by atoms with Gasteiger partial charge in [0.2, 0.25) is 0 Å². The molecule has 0 saturated carbocycles. The highest BCUT2D eigenvalue weighted by Gasteiger charge is 2.72. The van der Waals surface area contributed by atoms with Crippen LogP contribution in [0.1, 0.15) is 0 Å². The molecular formula is C6F11NO2. The fourth-order valence-corrected chi connectivity index (χ4v) is 0.521. The van der Waals surface area contributed by atoms with Crippen LogP contribution in [0.3, 0.4) is 0 Å². The molecule has 0 N–H and O–H groups in total. The second kappa shape index (κ2) is 4.88. The van der Waals surface area contributed by atoms with Crippen LogP contribution in [0.5, 0.6) is 0 Å². The minimum absolute atomic E-state index is 0.372. The van der Waals surface area contributed by atoms with Gasteiger partial charge in [0.1, 0.15) is 0 Å². The highest BCUT2D eigenvalue weighted by molar-refractivity contribution is 4.86. The molecule has 0 aromatic rings. The lowest BCUT2D eigenvalue weighted by Gasteiger charge is -2.30. The summed E-state index contributed by atoms with van der Waals surface area (Å²) in [7, 11) is 0. The van der Waals surface area contributed by atoms with Crippen LogP contribution in [0.2, 0.25) is 0 Å². The topological polar surface area (TPSA) is 42.2 Å². The fraction of sp³-hybridized carbons (Fsp3) is 0.833. The summed E-state index contributed by atoms with van der Waals surface area (Å²) in [5, 5.41) is 7.51. The summed E-state index contributed by atoms with van der Waals surface area (Å²) in [5.74, 6) is 0. The number of halogens is 11. The molecule has 0 aliphatic rings. The highest BCUT2D eigenvalue weighted by atomic mass is 19.4. The summed E-state index contributed by atoms with van der Waals surface area (Å²) in [6, 6.07) is -0.372. The second-order valence-electron chi connectivity index (χ2n) is 2.88. The molecule has 0 aromatic carbocycles. The molecule has 0 spiro atoms. The first-order chi connectivity index (χ1) is 8.47. The van der Waals surface area contributed by atoms with Crippen molar-refractivity contribution in [3.63, 3.8) is 0 Å². The van der Waals surface area contributed by atoms with Crippen molar-refractivity contribution in [3.8, 4) is 6.07 Å². The molecule has 0 aliphatic heterocycles. The molecule has 0 bridgehead atoms. The second-order valence-corrected chi connectivity index (χ2v) is 2.88. The Morgan fingerprint density at radius 3 is 1.25 bits per heavy atom.